The Balaban J connectivity index is 1.84. The zero-order chi connectivity index (χ0) is 21.3. The van der Waals surface area contributed by atoms with Crippen molar-refractivity contribution in [2.75, 3.05) is 18.5 Å². The van der Waals surface area contributed by atoms with Gasteiger partial charge in [-0.2, -0.15) is 0 Å². The summed E-state index contributed by atoms with van der Waals surface area (Å²) in [6, 6.07) is -1.17. The number of anilines is 1. The maximum Gasteiger partial charge on any atom is 0.469 e. The van der Waals surface area contributed by atoms with Crippen molar-refractivity contribution >= 4 is 30.7 Å². The van der Waals surface area contributed by atoms with Crippen LogP contribution in [0.15, 0.2) is 12.7 Å². The Kier molecular flexibility index (Phi) is 6.23. The smallest absolute Gasteiger partial charge is 0.394 e. The molecule has 3 heterocycles. The lowest BCUT2D eigenvalue weighted by Crippen LogP contribution is -2.38. The molecule has 8 N–H and O–H groups in total. The molecular weight excluding hydrogens is 415 g/mol. The van der Waals surface area contributed by atoms with Crippen LogP contribution in [0.1, 0.15) is 6.23 Å². The van der Waals surface area contributed by atoms with Gasteiger partial charge in [0, 0.05) is 0 Å². The zero-order valence-electron chi connectivity index (χ0n) is 14.6. The first-order valence-electron chi connectivity index (χ1n) is 8.19. The Hall–Kier alpha value is -2.07. The van der Waals surface area contributed by atoms with Gasteiger partial charge in [-0.15, -0.1) is 0 Å². The zero-order valence-corrected chi connectivity index (χ0v) is 15.5. The molecule has 5 atom stereocenters. The van der Waals surface area contributed by atoms with E-state index in [1.165, 1.54) is 10.9 Å². The van der Waals surface area contributed by atoms with Crippen molar-refractivity contribution < 1.29 is 43.7 Å². The molecule has 1 saturated heterocycles. The van der Waals surface area contributed by atoms with Crippen LogP contribution in [0.4, 0.5) is 5.82 Å². The molecule has 0 aliphatic carbocycles. The van der Waals surface area contributed by atoms with Crippen molar-refractivity contribution in [3.05, 3.63) is 12.7 Å². The summed E-state index contributed by atoms with van der Waals surface area (Å²) in [6.07, 6.45) is -3.12. The van der Waals surface area contributed by atoms with E-state index in [0.29, 0.717) is 0 Å². The van der Waals surface area contributed by atoms with Gasteiger partial charge < -0.3 is 40.9 Å². The van der Waals surface area contributed by atoms with E-state index in [4.69, 9.17) is 25.4 Å². The second-order valence-electron chi connectivity index (χ2n) is 6.16. The summed E-state index contributed by atoms with van der Waals surface area (Å²) < 4.78 is 21.9. The number of hydrogen-bond acceptors (Lipinski definition) is 11. The molecular formula is C13H19N6O9P. The van der Waals surface area contributed by atoms with Crippen LogP contribution in [-0.2, 0) is 18.6 Å². The molecule has 1 aliphatic rings. The van der Waals surface area contributed by atoms with E-state index in [1.807, 2.05) is 0 Å². The van der Waals surface area contributed by atoms with E-state index in [0.717, 1.165) is 6.33 Å². The molecule has 2 aromatic rings. The van der Waals surface area contributed by atoms with Crippen molar-refractivity contribution in [2.45, 2.75) is 30.6 Å². The third kappa shape index (κ3) is 4.58. The first-order chi connectivity index (χ1) is 13.6. The van der Waals surface area contributed by atoms with Crippen molar-refractivity contribution in [2.24, 2.45) is 5.73 Å². The molecule has 16 heteroatoms. The number of ether oxygens (including phenoxy) is 1. The van der Waals surface area contributed by atoms with Crippen LogP contribution in [0.5, 0.6) is 0 Å². The molecule has 0 spiro atoms. The highest BCUT2D eigenvalue weighted by Gasteiger charge is 2.45. The normalized spacial score (nSPS) is 26.0. The SMILES string of the molecule is N[C@@H](CO)C(=O)Nc1ncnc2c1ncn2[C@@H]1O[C@H](COP(=O)(O)O)[C@@H](O)[C@H]1O. The number of aliphatic hydroxyl groups is 3. The quantitative estimate of drug-likeness (QED) is 0.213. The summed E-state index contributed by atoms with van der Waals surface area (Å²) in [4.78, 5) is 41.4. The number of fused-ring (bicyclic) bond motifs is 1. The fourth-order valence-electron chi connectivity index (χ4n) is 2.69. The monoisotopic (exact) mass is 434 g/mol. The Morgan fingerprint density at radius 3 is 2.72 bits per heavy atom. The summed E-state index contributed by atoms with van der Waals surface area (Å²) in [5.74, 6) is -0.707. The molecule has 15 nitrogen and oxygen atoms in total. The summed E-state index contributed by atoms with van der Waals surface area (Å²) in [5.41, 5.74) is 5.68. The lowest BCUT2D eigenvalue weighted by molar-refractivity contribution is -0.118. The van der Waals surface area contributed by atoms with E-state index in [1.54, 1.807) is 0 Å². The molecule has 0 bridgehead atoms. The van der Waals surface area contributed by atoms with Gasteiger partial charge in [-0.25, -0.2) is 19.5 Å². The second-order valence-corrected chi connectivity index (χ2v) is 7.40. The van der Waals surface area contributed by atoms with Crippen molar-refractivity contribution in [1.82, 2.24) is 19.5 Å². The average molecular weight is 434 g/mol. The average Bonchev–Trinajstić information content (AvgIpc) is 3.21. The number of nitrogens with zero attached hydrogens (tertiary/aromatic N) is 4. The predicted molar refractivity (Wildman–Crippen MR) is 92.9 cm³/mol. The molecule has 29 heavy (non-hydrogen) atoms. The number of hydrogen-bond donors (Lipinski definition) is 7. The van der Waals surface area contributed by atoms with Gasteiger partial charge in [0.15, 0.2) is 23.2 Å². The minimum absolute atomic E-state index is 0.00271. The topological polar surface area (TPSA) is 235 Å². The molecule has 0 radical (unpaired) electrons. The number of carbonyl (C=O) groups excluding carboxylic acids is 1. The first-order valence-corrected chi connectivity index (χ1v) is 9.72. The number of imidazole rings is 1. The third-order valence-corrected chi connectivity index (χ3v) is 4.64. The number of carbonyl (C=O) groups is 1. The Morgan fingerprint density at radius 2 is 2.07 bits per heavy atom. The second kappa shape index (κ2) is 8.35. The Morgan fingerprint density at radius 1 is 1.34 bits per heavy atom. The van der Waals surface area contributed by atoms with Crippen LogP contribution in [-0.4, -0.2) is 88.1 Å². The van der Waals surface area contributed by atoms with E-state index in [9.17, 15) is 19.6 Å². The minimum atomic E-state index is -4.80. The molecule has 1 aliphatic heterocycles. The largest absolute Gasteiger partial charge is 0.469 e. The molecule has 0 saturated carbocycles. The number of aromatic nitrogens is 4. The van der Waals surface area contributed by atoms with Crippen LogP contribution < -0.4 is 11.1 Å². The summed E-state index contributed by atoms with van der Waals surface area (Å²) in [7, 11) is -4.80. The van der Waals surface area contributed by atoms with Crippen LogP contribution in [0, 0.1) is 0 Å². The number of nitrogens with one attached hydrogen (secondary N) is 1. The van der Waals surface area contributed by atoms with Gasteiger partial charge >= 0.3 is 7.82 Å². The van der Waals surface area contributed by atoms with Gasteiger partial charge in [-0.05, 0) is 0 Å². The fraction of sp³-hybridized carbons (Fsp3) is 0.538. The standard InChI is InChI=1S/C13H19N6O9P/c14-5(1-20)12(23)18-10-7-11(16-3-15-10)19(4-17-7)13-9(22)8(21)6(28-13)2-27-29(24,25)26/h3-6,8-9,13,20-22H,1-2,14H2,(H2,24,25,26)(H,15,16,18,23)/t5-,6+,8+,9+,13+/m0/s1. The van der Waals surface area contributed by atoms with E-state index < -0.39 is 57.5 Å². The highest BCUT2D eigenvalue weighted by atomic mass is 31.2. The molecule has 1 fully saturated rings. The molecule has 0 unspecified atom stereocenters. The summed E-state index contributed by atoms with van der Waals surface area (Å²) in [6.45, 7) is -1.24. The number of phosphoric acid groups is 1. The molecule has 3 rings (SSSR count). The van der Waals surface area contributed by atoms with Crippen molar-refractivity contribution in [1.29, 1.82) is 0 Å². The first kappa shape index (κ1) is 21.6. The highest BCUT2D eigenvalue weighted by molar-refractivity contribution is 7.46. The van der Waals surface area contributed by atoms with Gasteiger partial charge in [-0.3, -0.25) is 13.9 Å². The molecule has 0 aromatic carbocycles. The van der Waals surface area contributed by atoms with E-state index in [2.05, 4.69) is 24.8 Å². The Labute approximate surface area is 162 Å². The molecule has 1 amide bonds. The van der Waals surface area contributed by atoms with E-state index in [-0.39, 0.29) is 17.0 Å². The maximum absolute atomic E-state index is 11.9. The fourth-order valence-corrected chi connectivity index (χ4v) is 3.03. The van der Waals surface area contributed by atoms with Gasteiger partial charge in [0.25, 0.3) is 0 Å². The van der Waals surface area contributed by atoms with Crippen LogP contribution >= 0.6 is 7.82 Å². The minimum Gasteiger partial charge on any atom is -0.394 e. The number of phosphoric ester groups is 1. The number of amides is 1. The van der Waals surface area contributed by atoms with Crippen LogP contribution in [0.2, 0.25) is 0 Å². The van der Waals surface area contributed by atoms with Crippen LogP contribution in [0.25, 0.3) is 11.2 Å². The van der Waals surface area contributed by atoms with Crippen molar-refractivity contribution in [3.63, 3.8) is 0 Å². The molecule has 2 aromatic heterocycles. The lowest BCUT2D eigenvalue weighted by atomic mass is 10.1. The van der Waals surface area contributed by atoms with Crippen molar-refractivity contribution in [3.8, 4) is 0 Å². The summed E-state index contributed by atoms with van der Waals surface area (Å²) >= 11 is 0. The molecule has 160 valence electrons. The van der Waals surface area contributed by atoms with Gasteiger partial charge in [0.1, 0.15) is 30.7 Å². The maximum atomic E-state index is 11.9. The van der Waals surface area contributed by atoms with Gasteiger partial charge in [0.2, 0.25) is 5.91 Å². The summed E-state index contributed by atoms with van der Waals surface area (Å²) in [5, 5.41) is 31.7. The van der Waals surface area contributed by atoms with Gasteiger partial charge in [0.05, 0.1) is 19.5 Å². The predicted octanol–water partition coefficient (Wildman–Crippen LogP) is -3.19. The number of nitrogens with two attached hydrogens (primary N) is 1. The Bertz CT molecular complexity index is 935. The highest BCUT2D eigenvalue weighted by Crippen LogP contribution is 2.38. The third-order valence-electron chi connectivity index (χ3n) is 4.15. The lowest BCUT2D eigenvalue weighted by Gasteiger charge is -2.16. The van der Waals surface area contributed by atoms with E-state index >= 15 is 0 Å². The number of rotatable bonds is 7. The van der Waals surface area contributed by atoms with Gasteiger partial charge in [-0.1, -0.05) is 0 Å². The van der Waals surface area contributed by atoms with Crippen LogP contribution in [0.3, 0.4) is 0 Å². The number of aliphatic hydroxyl groups excluding tert-OH is 3.